The molecule has 0 radical (unpaired) electrons. The minimum atomic E-state index is -0.176. The van der Waals surface area contributed by atoms with Crippen molar-refractivity contribution in [1.29, 1.82) is 0 Å². The molecule has 0 aliphatic heterocycles. The van der Waals surface area contributed by atoms with Gasteiger partial charge in [-0.05, 0) is 57.0 Å². The van der Waals surface area contributed by atoms with Crippen LogP contribution in [0.15, 0.2) is 45.3 Å². The highest BCUT2D eigenvalue weighted by Gasteiger charge is 2.20. The largest absolute Gasteiger partial charge is 0.506 e. The van der Waals surface area contributed by atoms with Gasteiger partial charge in [0.25, 0.3) is 0 Å². The molecule has 0 saturated carbocycles. The molecule has 112 valence electrons. The molecule has 6 heteroatoms. The first-order valence-electron chi connectivity index (χ1n) is 6.71. The molecule has 1 aromatic heterocycles. The number of carbonyl (C=O) groups is 1. The average molecular weight is 424 g/mol. The number of hydrogen-bond acceptors (Lipinski definition) is 3. The van der Waals surface area contributed by atoms with Gasteiger partial charge < -0.3 is 5.11 Å². The zero-order valence-corrected chi connectivity index (χ0v) is 14.8. The molecule has 1 heterocycles. The van der Waals surface area contributed by atoms with Crippen LogP contribution in [0.5, 0.6) is 5.75 Å². The topological polar surface area (TPSA) is 55.1 Å². The maximum Gasteiger partial charge on any atom is 0.213 e. The van der Waals surface area contributed by atoms with Crippen molar-refractivity contribution >= 4 is 48.5 Å². The molecule has 2 aromatic carbocycles. The van der Waals surface area contributed by atoms with Crippen LogP contribution in [0.25, 0.3) is 10.9 Å². The number of rotatable bonds is 3. The van der Waals surface area contributed by atoms with E-state index in [4.69, 9.17) is 0 Å². The summed E-state index contributed by atoms with van der Waals surface area (Å²) in [5.41, 5.74) is 1.82. The number of nitrogens with zero attached hydrogens (tertiary/aromatic N) is 2. The molecule has 0 atom stereocenters. The zero-order chi connectivity index (χ0) is 15.9. The minimum absolute atomic E-state index is 0.0699. The number of aromatic nitrogens is 2. The molecule has 0 saturated heterocycles. The quantitative estimate of drug-likeness (QED) is 0.630. The van der Waals surface area contributed by atoms with E-state index in [2.05, 4.69) is 37.0 Å². The van der Waals surface area contributed by atoms with Gasteiger partial charge in [-0.1, -0.05) is 18.2 Å². The molecule has 1 N–H and O–H groups in total. The maximum absolute atomic E-state index is 12.8. The molecule has 0 aliphatic rings. The van der Waals surface area contributed by atoms with Crippen LogP contribution in [0.2, 0.25) is 0 Å². The molecule has 22 heavy (non-hydrogen) atoms. The van der Waals surface area contributed by atoms with E-state index in [0.717, 1.165) is 10.9 Å². The van der Waals surface area contributed by atoms with Crippen LogP contribution in [-0.4, -0.2) is 20.7 Å². The Morgan fingerprint density at radius 2 is 1.86 bits per heavy atom. The average Bonchev–Trinajstić information content (AvgIpc) is 2.90. The Kier molecular flexibility index (Phi) is 4.06. The van der Waals surface area contributed by atoms with Crippen LogP contribution in [0.3, 0.4) is 0 Å². The van der Waals surface area contributed by atoms with Crippen LogP contribution in [0, 0.1) is 0 Å². The van der Waals surface area contributed by atoms with Crippen LogP contribution in [0.1, 0.15) is 23.0 Å². The molecular weight excluding hydrogens is 412 g/mol. The predicted molar refractivity (Wildman–Crippen MR) is 92.3 cm³/mol. The number of aromatic hydroxyl groups is 1. The van der Waals surface area contributed by atoms with E-state index in [-0.39, 0.29) is 11.5 Å². The second-order valence-corrected chi connectivity index (χ2v) is 6.51. The summed E-state index contributed by atoms with van der Waals surface area (Å²) in [6, 6.07) is 10.9. The fourth-order valence-electron chi connectivity index (χ4n) is 2.37. The number of aryl methyl sites for hydroxylation is 1. The van der Waals surface area contributed by atoms with E-state index in [0.29, 0.717) is 26.7 Å². The van der Waals surface area contributed by atoms with E-state index in [9.17, 15) is 9.90 Å². The zero-order valence-electron chi connectivity index (χ0n) is 11.7. The number of carbonyl (C=O) groups excluding carboxylic acids is 1. The van der Waals surface area contributed by atoms with Crippen molar-refractivity contribution in [3.05, 3.63) is 56.6 Å². The van der Waals surface area contributed by atoms with Gasteiger partial charge in [-0.15, -0.1) is 0 Å². The third kappa shape index (κ3) is 2.46. The highest BCUT2D eigenvalue weighted by Crippen LogP contribution is 2.34. The molecule has 3 rings (SSSR count). The van der Waals surface area contributed by atoms with E-state index in [1.165, 1.54) is 0 Å². The van der Waals surface area contributed by atoms with E-state index >= 15 is 0 Å². The monoisotopic (exact) mass is 422 g/mol. The lowest BCUT2D eigenvalue weighted by Crippen LogP contribution is -2.05. The summed E-state index contributed by atoms with van der Waals surface area (Å²) < 4.78 is 2.74. The number of phenols is 1. The second-order valence-electron chi connectivity index (χ2n) is 4.80. The second kappa shape index (κ2) is 5.85. The molecule has 0 amide bonds. The molecule has 0 unspecified atom stereocenters. The Morgan fingerprint density at radius 3 is 2.50 bits per heavy atom. The number of hydrogen-bond donors (Lipinski definition) is 1. The fraction of sp³-hybridized carbons (Fsp3) is 0.125. The summed E-state index contributed by atoms with van der Waals surface area (Å²) in [6.45, 7) is 2.68. The van der Waals surface area contributed by atoms with Crippen molar-refractivity contribution in [2.24, 2.45) is 0 Å². The first-order valence-corrected chi connectivity index (χ1v) is 8.29. The van der Waals surface area contributed by atoms with E-state index in [1.54, 1.807) is 12.1 Å². The molecular formula is C16H12Br2N2O2. The highest BCUT2D eigenvalue weighted by molar-refractivity contribution is 9.11. The van der Waals surface area contributed by atoms with Crippen molar-refractivity contribution in [3.8, 4) is 5.75 Å². The van der Waals surface area contributed by atoms with Crippen LogP contribution >= 0.6 is 31.9 Å². The normalized spacial score (nSPS) is 11.0. The van der Waals surface area contributed by atoms with Gasteiger partial charge in [0.1, 0.15) is 11.4 Å². The summed E-state index contributed by atoms with van der Waals surface area (Å²) >= 11 is 6.50. The summed E-state index contributed by atoms with van der Waals surface area (Å²) in [5.74, 6) is -0.106. The van der Waals surface area contributed by atoms with Gasteiger partial charge in [-0.25, -0.2) is 0 Å². The minimum Gasteiger partial charge on any atom is -0.506 e. The molecule has 0 aliphatic carbocycles. The van der Waals surface area contributed by atoms with Crippen LogP contribution in [0.4, 0.5) is 0 Å². The number of para-hydroxylation sites is 1. The van der Waals surface area contributed by atoms with Crippen molar-refractivity contribution in [2.45, 2.75) is 13.5 Å². The fourth-order valence-corrected chi connectivity index (χ4v) is 3.56. The SMILES string of the molecule is CCn1nc(C(=O)c2cc(Br)c(O)c(Br)c2)c2ccccc21. The summed E-state index contributed by atoms with van der Waals surface area (Å²) in [6.07, 6.45) is 0. The van der Waals surface area contributed by atoms with Crippen molar-refractivity contribution in [3.63, 3.8) is 0 Å². The van der Waals surface area contributed by atoms with Gasteiger partial charge in [0.15, 0.2) is 0 Å². The number of halogens is 2. The number of phenolic OH excluding ortho intramolecular Hbond substituents is 1. The van der Waals surface area contributed by atoms with Crippen LogP contribution in [-0.2, 0) is 6.54 Å². The first-order chi connectivity index (χ1) is 10.5. The van der Waals surface area contributed by atoms with Crippen molar-refractivity contribution in [2.75, 3.05) is 0 Å². The van der Waals surface area contributed by atoms with Crippen molar-refractivity contribution < 1.29 is 9.90 Å². The van der Waals surface area contributed by atoms with Gasteiger partial charge >= 0.3 is 0 Å². The maximum atomic E-state index is 12.8. The standard InChI is InChI=1S/C16H12Br2N2O2/c1-2-20-13-6-4-3-5-10(13)14(19-20)15(21)9-7-11(17)16(22)12(18)8-9/h3-8,22H,2H2,1H3. The third-order valence-electron chi connectivity index (χ3n) is 3.45. The third-order valence-corrected chi connectivity index (χ3v) is 4.66. The lowest BCUT2D eigenvalue weighted by atomic mass is 10.1. The Hall–Kier alpha value is -1.66. The van der Waals surface area contributed by atoms with Gasteiger partial charge in [-0.3, -0.25) is 9.48 Å². The molecule has 0 bridgehead atoms. The van der Waals surface area contributed by atoms with Gasteiger partial charge in [0.2, 0.25) is 5.78 Å². The molecule has 3 aromatic rings. The number of ketones is 1. The molecule has 0 fully saturated rings. The Morgan fingerprint density at radius 1 is 1.23 bits per heavy atom. The van der Waals surface area contributed by atoms with Gasteiger partial charge in [-0.2, -0.15) is 5.10 Å². The molecule has 4 nitrogen and oxygen atoms in total. The first kappa shape index (κ1) is 15.2. The van der Waals surface area contributed by atoms with Crippen molar-refractivity contribution in [1.82, 2.24) is 9.78 Å². The Bertz CT molecular complexity index is 864. The van der Waals surface area contributed by atoms with Gasteiger partial charge in [0.05, 0.1) is 14.5 Å². The summed E-state index contributed by atoms with van der Waals surface area (Å²) in [5, 5.41) is 15.0. The van der Waals surface area contributed by atoms with Gasteiger partial charge in [0, 0.05) is 17.5 Å². The summed E-state index contributed by atoms with van der Waals surface area (Å²) in [4.78, 5) is 12.8. The lowest BCUT2D eigenvalue weighted by Gasteiger charge is -2.04. The number of fused-ring (bicyclic) bond motifs is 1. The van der Waals surface area contributed by atoms with Crippen LogP contribution < -0.4 is 0 Å². The van der Waals surface area contributed by atoms with E-state index < -0.39 is 0 Å². The lowest BCUT2D eigenvalue weighted by molar-refractivity contribution is 0.103. The predicted octanol–water partition coefficient (Wildman–Crippen LogP) is 4.52. The smallest absolute Gasteiger partial charge is 0.213 e. The van der Waals surface area contributed by atoms with E-state index in [1.807, 2.05) is 35.9 Å². The highest BCUT2D eigenvalue weighted by atomic mass is 79.9. The Labute approximate surface area is 144 Å². The summed E-state index contributed by atoms with van der Waals surface area (Å²) in [7, 11) is 0. The number of benzene rings is 2. The molecule has 0 spiro atoms. The Balaban J connectivity index is 2.17.